The molecule has 1 aromatic carbocycles. The number of benzene rings is 1. The molecular weight excluding hydrogens is 338 g/mol. The van der Waals surface area contributed by atoms with Crippen LogP contribution in [-0.4, -0.2) is 50.9 Å². The Kier molecular flexibility index (Phi) is 7.01. The third kappa shape index (κ3) is 4.91. The number of halogens is 1. The molecule has 0 aliphatic carbocycles. The molecule has 8 heteroatoms. The van der Waals surface area contributed by atoms with Crippen LogP contribution in [0.1, 0.15) is 31.1 Å². The molecule has 1 heterocycles. The molecule has 1 saturated heterocycles. The number of amides is 1. The second-order valence-electron chi connectivity index (χ2n) is 5.85. The van der Waals surface area contributed by atoms with Crippen molar-refractivity contribution in [3.8, 4) is 0 Å². The van der Waals surface area contributed by atoms with Gasteiger partial charge in [0.1, 0.15) is 0 Å². The first-order chi connectivity index (χ1) is 10.3. The minimum Gasteiger partial charge on any atom is -0.333 e. The van der Waals surface area contributed by atoms with E-state index >= 15 is 0 Å². The topological polar surface area (TPSA) is 78.5 Å². The molecule has 1 atom stereocenters. The average Bonchev–Trinajstić information content (AvgIpc) is 2.46. The molecule has 0 bridgehead atoms. The number of sulfonamides is 1. The van der Waals surface area contributed by atoms with Crippen LogP contribution in [0.5, 0.6) is 0 Å². The van der Waals surface area contributed by atoms with Gasteiger partial charge in [0, 0.05) is 37.3 Å². The number of hydrogen-bond donors (Lipinski definition) is 2. The predicted octanol–water partition coefficient (Wildman–Crippen LogP) is 1.23. The van der Waals surface area contributed by atoms with E-state index in [4.69, 9.17) is 0 Å². The second kappa shape index (κ2) is 8.10. The van der Waals surface area contributed by atoms with Crippen LogP contribution >= 0.6 is 12.4 Å². The van der Waals surface area contributed by atoms with Gasteiger partial charge >= 0.3 is 0 Å². The highest BCUT2D eigenvalue weighted by atomic mass is 35.5. The molecular formula is C15H24ClN3O3S. The minimum absolute atomic E-state index is 0. The number of rotatable bonds is 4. The molecule has 0 spiro atoms. The summed E-state index contributed by atoms with van der Waals surface area (Å²) >= 11 is 0. The first-order valence-corrected chi connectivity index (χ1v) is 8.93. The number of nitrogens with zero attached hydrogens (tertiary/aromatic N) is 1. The van der Waals surface area contributed by atoms with Crippen molar-refractivity contribution < 1.29 is 13.2 Å². The number of hydrogen-bond acceptors (Lipinski definition) is 4. The lowest BCUT2D eigenvalue weighted by Crippen LogP contribution is -2.52. The zero-order valence-electron chi connectivity index (χ0n) is 13.6. The monoisotopic (exact) mass is 361 g/mol. The zero-order chi connectivity index (χ0) is 16.3. The van der Waals surface area contributed by atoms with Crippen molar-refractivity contribution in [2.75, 3.05) is 19.6 Å². The number of carbonyl (C=O) groups excluding carboxylic acids is 1. The van der Waals surface area contributed by atoms with Gasteiger partial charge in [-0.25, -0.2) is 13.1 Å². The SMILES string of the molecule is CC(C)NS(=O)(=O)c1ccc(C(=O)N2CCNC[C@@H]2C)cc1.Cl. The van der Waals surface area contributed by atoms with E-state index in [0.717, 1.165) is 13.1 Å². The fourth-order valence-electron chi connectivity index (χ4n) is 2.46. The molecule has 130 valence electrons. The van der Waals surface area contributed by atoms with Gasteiger partial charge in [-0.15, -0.1) is 12.4 Å². The Hall–Kier alpha value is -1.15. The molecule has 0 radical (unpaired) electrons. The van der Waals surface area contributed by atoms with Crippen molar-refractivity contribution in [2.45, 2.75) is 37.8 Å². The van der Waals surface area contributed by atoms with Crippen molar-refractivity contribution in [3.63, 3.8) is 0 Å². The molecule has 2 rings (SSSR count). The fourth-order valence-corrected chi connectivity index (χ4v) is 3.71. The molecule has 0 aromatic heterocycles. The fraction of sp³-hybridized carbons (Fsp3) is 0.533. The van der Waals surface area contributed by atoms with Gasteiger partial charge in [0.15, 0.2) is 0 Å². The van der Waals surface area contributed by atoms with E-state index in [9.17, 15) is 13.2 Å². The highest BCUT2D eigenvalue weighted by Crippen LogP contribution is 2.14. The lowest BCUT2D eigenvalue weighted by molar-refractivity contribution is 0.0655. The van der Waals surface area contributed by atoms with Gasteiger partial charge in [0.05, 0.1) is 4.90 Å². The maximum Gasteiger partial charge on any atom is 0.254 e. The van der Waals surface area contributed by atoms with Gasteiger partial charge in [-0.2, -0.15) is 0 Å². The predicted molar refractivity (Wildman–Crippen MR) is 92.5 cm³/mol. The number of carbonyl (C=O) groups is 1. The van der Waals surface area contributed by atoms with Gasteiger partial charge in [-0.3, -0.25) is 4.79 Å². The molecule has 23 heavy (non-hydrogen) atoms. The Morgan fingerprint density at radius 3 is 2.43 bits per heavy atom. The molecule has 2 N–H and O–H groups in total. The summed E-state index contributed by atoms with van der Waals surface area (Å²) in [6.07, 6.45) is 0. The van der Waals surface area contributed by atoms with Gasteiger partial charge in [0.25, 0.3) is 5.91 Å². The lowest BCUT2D eigenvalue weighted by atomic mass is 10.1. The van der Waals surface area contributed by atoms with Crippen molar-refractivity contribution in [1.29, 1.82) is 0 Å². The summed E-state index contributed by atoms with van der Waals surface area (Å²) in [6, 6.07) is 6.06. The summed E-state index contributed by atoms with van der Waals surface area (Å²) in [5, 5.41) is 3.24. The van der Waals surface area contributed by atoms with Crippen LogP contribution in [0, 0.1) is 0 Å². The summed E-state index contributed by atoms with van der Waals surface area (Å²) < 4.78 is 26.6. The van der Waals surface area contributed by atoms with E-state index in [1.54, 1.807) is 26.0 Å². The number of nitrogens with one attached hydrogen (secondary N) is 2. The van der Waals surface area contributed by atoms with Crippen LogP contribution in [0.15, 0.2) is 29.2 Å². The summed E-state index contributed by atoms with van der Waals surface area (Å²) in [5.74, 6) is -0.0604. The van der Waals surface area contributed by atoms with Crippen molar-refractivity contribution >= 4 is 28.3 Å². The second-order valence-corrected chi connectivity index (χ2v) is 7.57. The Bertz CT molecular complexity index is 632. The Balaban J connectivity index is 0.00000264. The van der Waals surface area contributed by atoms with E-state index in [1.807, 2.05) is 11.8 Å². The summed E-state index contributed by atoms with van der Waals surface area (Å²) in [4.78, 5) is 14.5. The van der Waals surface area contributed by atoms with Crippen LogP contribution in [-0.2, 0) is 10.0 Å². The van der Waals surface area contributed by atoms with Crippen LogP contribution in [0.2, 0.25) is 0 Å². The number of piperazine rings is 1. The molecule has 1 aromatic rings. The third-order valence-corrected chi connectivity index (χ3v) is 5.24. The molecule has 6 nitrogen and oxygen atoms in total. The minimum atomic E-state index is -3.52. The first kappa shape index (κ1) is 19.9. The highest BCUT2D eigenvalue weighted by molar-refractivity contribution is 7.89. The van der Waals surface area contributed by atoms with Crippen LogP contribution < -0.4 is 10.0 Å². The van der Waals surface area contributed by atoms with E-state index in [0.29, 0.717) is 12.1 Å². The van der Waals surface area contributed by atoms with E-state index in [2.05, 4.69) is 10.0 Å². The lowest BCUT2D eigenvalue weighted by Gasteiger charge is -2.34. The van der Waals surface area contributed by atoms with Gasteiger partial charge < -0.3 is 10.2 Å². The smallest absolute Gasteiger partial charge is 0.254 e. The Morgan fingerprint density at radius 1 is 1.30 bits per heavy atom. The molecule has 1 aliphatic rings. The van der Waals surface area contributed by atoms with Crippen molar-refractivity contribution in [2.24, 2.45) is 0 Å². The van der Waals surface area contributed by atoms with Crippen LogP contribution in [0.3, 0.4) is 0 Å². The van der Waals surface area contributed by atoms with Crippen LogP contribution in [0.25, 0.3) is 0 Å². The molecule has 0 saturated carbocycles. The maximum atomic E-state index is 12.5. The third-order valence-electron chi connectivity index (χ3n) is 3.56. The quantitative estimate of drug-likeness (QED) is 0.845. The Labute approximate surface area is 144 Å². The van der Waals surface area contributed by atoms with Crippen LogP contribution in [0.4, 0.5) is 0 Å². The van der Waals surface area contributed by atoms with Gasteiger partial charge in [0.2, 0.25) is 10.0 Å². The maximum absolute atomic E-state index is 12.5. The standard InChI is InChI=1S/C15H23N3O3S.ClH/c1-11(2)17-22(20,21)14-6-4-13(5-7-14)15(19)18-9-8-16-10-12(18)3;/h4-7,11-12,16-17H,8-10H2,1-3H3;1H/t12-;/m0./s1. The van der Waals surface area contributed by atoms with Gasteiger partial charge in [-0.05, 0) is 45.0 Å². The largest absolute Gasteiger partial charge is 0.333 e. The molecule has 1 amide bonds. The van der Waals surface area contributed by atoms with E-state index in [1.165, 1.54) is 12.1 Å². The van der Waals surface area contributed by atoms with Crippen molar-refractivity contribution in [3.05, 3.63) is 29.8 Å². The normalized spacial score (nSPS) is 18.6. The van der Waals surface area contributed by atoms with Gasteiger partial charge in [-0.1, -0.05) is 0 Å². The van der Waals surface area contributed by atoms with E-state index in [-0.39, 0.29) is 35.3 Å². The molecule has 0 unspecified atom stereocenters. The van der Waals surface area contributed by atoms with Crippen molar-refractivity contribution in [1.82, 2.24) is 14.9 Å². The highest BCUT2D eigenvalue weighted by Gasteiger charge is 2.24. The molecule has 1 fully saturated rings. The first-order valence-electron chi connectivity index (χ1n) is 7.45. The zero-order valence-corrected chi connectivity index (χ0v) is 15.2. The Morgan fingerprint density at radius 2 is 1.91 bits per heavy atom. The van der Waals surface area contributed by atoms with E-state index < -0.39 is 10.0 Å². The molecule has 1 aliphatic heterocycles. The summed E-state index contributed by atoms with van der Waals surface area (Å²) in [6.45, 7) is 7.74. The average molecular weight is 362 g/mol. The summed E-state index contributed by atoms with van der Waals surface area (Å²) in [5.41, 5.74) is 0.511. The summed E-state index contributed by atoms with van der Waals surface area (Å²) in [7, 11) is -3.52.